The zero-order valence-electron chi connectivity index (χ0n) is 11.5. The number of piperidine rings is 1. The minimum atomic E-state index is -0.838. The van der Waals surface area contributed by atoms with Crippen LogP contribution in [0, 0.1) is 5.41 Å². The van der Waals surface area contributed by atoms with E-state index in [2.05, 4.69) is 25.7 Å². The summed E-state index contributed by atoms with van der Waals surface area (Å²) in [5.41, 5.74) is -0.409. The van der Waals surface area contributed by atoms with Crippen LogP contribution in [0.3, 0.4) is 0 Å². The average Bonchev–Trinajstić information content (AvgIpc) is 2.26. The molecular formula is C13H27NO3. The molecular weight excluding hydrogens is 218 g/mol. The first-order valence-electron chi connectivity index (χ1n) is 6.45. The molecule has 1 aliphatic heterocycles. The minimum Gasteiger partial charge on any atom is -0.396 e. The molecule has 3 N–H and O–H groups in total. The first-order valence-corrected chi connectivity index (χ1v) is 6.45. The molecule has 0 spiro atoms. The Kier molecular flexibility index (Phi) is 4.58. The van der Waals surface area contributed by atoms with E-state index in [1.807, 2.05) is 0 Å². The number of likely N-dealkylation sites (tertiary alicyclic amines) is 1. The number of hydrogen-bond acceptors (Lipinski definition) is 4. The number of aliphatic hydroxyl groups excluding tert-OH is 3. The Bertz CT molecular complexity index is 240. The normalized spacial score (nSPS) is 25.6. The Labute approximate surface area is 104 Å². The van der Waals surface area contributed by atoms with Crippen molar-refractivity contribution >= 4 is 0 Å². The second kappa shape index (κ2) is 5.22. The summed E-state index contributed by atoms with van der Waals surface area (Å²) in [5, 5.41) is 29.1. The average molecular weight is 245 g/mol. The van der Waals surface area contributed by atoms with Crippen molar-refractivity contribution in [3.05, 3.63) is 0 Å². The maximum absolute atomic E-state index is 10.1. The predicted octanol–water partition coefficient (Wildman–Crippen LogP) is 0.601. The highest BCUT2D eigenvalue weighted by Gasteiger charge is 2.43. The fraction of sp³-hybridized carbons (Fsp3) is 1.00. The van der Waals surface area contributed by atoms with Crippen molar-refractivity contribution < 1.29 is 15.3 Å². The van der Waals surface area contributed by atoms with E-state index in [0.717, 1.165) is 25.9 Å². The summed E-state index contributed by atoms with van der Waals surface area (Å²) < 4.78 is 0. The van der Waals surface area contributed by atoms with Crippen LogP contribution in [0.1, 0.15) is 40.5 Å². The molecule has 1 aliphatic rings. The van der Waals surface area contributed by atoms with Crippen molar-refractivity contribution in [2.45, 2.75) is 58.3 Å². The number of aliphatic hydroxyl groups is 3. The van der Waals surface area contributed by atoms with Gasteiger partial charge in [-0.05, 0) is 53.6 Å². The maximum Gasteiger partial charge on any atom is 0.0875 e. The van der Waals surface area contributed by atoms with Gasteiger partial charge < -0.3 is 15.3 Å². The van der Waals surface area contributed by atoms with Gasteiger partial charge >= 0.3 is 0 Å². The summed E-state index contributed by atoms with van der Waals surface area (Å²) in [6, 6.07) is 0. The largest absolute Gasteiger partial charge is 0.396 e. The van der Waals surface area contributed by atoms with E-state index in [9.17, 15) is 15.3 Å². The van der Waals surface area contributed by atoms with Crippen molar-refractivity contribution in [1.82, 2.24) is 4.90 Å². The molecule has 1 saturated heterocycles. The standard InChI is InChI=1S/C13H27NO3/c1-10(16)11(17)13(9-15)5-7-14(8-6-13)12(2,3)4/h10-11,15-17H,5-9H2,1-4H3. The van der Waals surface area contributed by atoms with Crippen LogP contribution in [0.2, 0.25) is 0 Å². The third-order valence-electron chi connectivity index (χ3n) is 4.11. The lowest BCUT2D eigenvalue weighted by molar-refractivity contribution is -0.113. The molecule has 0 amide bonds. The van der Waals surface area contributed by atoms with Crippen molar-refractivity contribution in [1.29, 1.82) is 0 Å². The summed E-state index contributed by atoms with van der Waals surface area (Å²) in [6.45, 7) is 9.75. The molecule has 1 rings (SSSR count). The molecule has 4 heteroatoms. The lowest BCUT2D eigenvalue weighted by Crippen LogP contribution is -2.55. The first kappa shape index (κ1) is 14.9. The van der Waals surface area contributed by atoms with Crippen LogP contribution < -0.4 is 0 Å². The van der Waals surface area contributed by atoms with Crippen molar-refractivity contribution in [3.8, 4) is 0 Å². The van der Waals surface area contributed by atoms with Gasteiger partial charge in [0, 0.05) is 11.0 Å². The SMILES string of the molecule is CC(O)C(O)C1(CO)CCN(C(C)(C)C)CC1. The van der Waals surface area contributed by atoms with Crippen LogP contribution in [0.15, 0.2) is 0 Å². The monoisotopic (exact) mass is 245 g/mol. The number of hydrogen-bond donors (Lipinski definition) is 3. The van der Waals surface area contributed by atoms with Crippen LogP contribution in [0.25, 0.3) is 0 Å². The number of rotatable bonds is 3. The zero-order chi connectivity index (χ0) is 13.3. The van der Waals surface area contributed by atoms with Gasteiger partial charge in [-0.3, -0.25) is 4.90 Å². The molecule has 0 saturated carbocycles. The molecule has 4 nitrogen and oxygen atoms in total. The van der Waals surface area contributed by atoms with E-state index < -0.39 is 17.6 Å². The molecule has 1 fully saturated rings. The topological polar surface area (TPSA) is 63.9 Å². The van der Waals surface area contributed by atoms with E-state index in [4.69, 9.17) is 0 Å². The summed E-state index contributed by atoms with van der Waals surface area (Å²) >= 11 is 0. The zero-order valence-corrected chi connectivity index (χ0v) is 11.5. The lowest BCUT2D eigenvalue weighted by Gasteiger charge is -2.48. The van der Waals surface area contributed by atoms with Crippen LogP contribution in [0.4, 0.5) is 0 Å². The Hall–Kier alpha value is -0.160. The third-order valence-corrected chi connectivity index (χ3v) is 4.11. The molecule has 0 aliphatic carbocycles. The molecule has 0 aromatic heterocycles. The summed E-state index contributed by atoms with van der Waals surface area (Å²) in [4.78, 5) is 2.36. The highest BCUT2D eigenvalue weighted by atomic mass is 16.3. The van der Waals surface area contributed by atoms with E-state index in [-0.39, 0.29) is 12.1 Å². The molecule has 0 aromatic carbocycles. The Balaban J connectivity index is 2.70. The van der Waals surface area contributed by atoms with Gasteiger partial charge in [0.15, 0.2) is 0 Å². The summed E-state index contributed by atoms with van der Waals surface area (Å²) in [7, 11) is 0. The molecule has 1 heterocycles. The van der Waals surface area contributed by atoms with E-state index >= 15 is 0 Å². The van der Waals surface area contributed by atoms with Gasteiger partial charge in [-0.25, -0.2) is 0 Å². The summed E-state index contributed by atoms with van der Waals surface area (Å²) in [5.74, 6) is 0. The Morgan fingerprint density at radius 2 is 1.65 bits per heavy atom. The Morgan fingerprint density at radius 3 is 1.94 bits per heavy atom. The van der Waals surface area contributed by atoms with Crippen molar-refractivity contribution in [3.63, 3.8) is 0 Å². The molecule has 0 aromatic rings. The van der Waals surface area contributed by atoms with Gasteiger partial charge in [-0.15, -0.1) is 0 Å². The smallest absolute Gasteiger partial charge is 0.0875 e. The van der Waals surface area contributed by atoms with Crippen molar-refractivity contribution in [2.24, 2.45) is 5.41 Å². The van der Waals surface area contributed by atoms with Crippen LogP contribution >= 0.6 is 0 Å². The molecule has 0 bridgehead atoms. The van der Waals surface area contributed by atoms with Gasteiger partial charge in [0.2, 0.25) is 0 Å². The molecule has 2 unspecified atom stereocenters. The van der Waals surface area contributed by atoms with Gasteiger partial charge in [0.1, 0.15) is 0 Å². The van der Waals surface area contributed by atoms with Gasteiger partial charge in [0.25, 0.3) is 0 Å². The maximum atomic E-state index is 10.1. The molecule has 0 radical (unpaired) electrons. The second-order valence-electron chi connectivity index (χ2n) is 6.36. The number of nitrogens with zero attached hydrogens (tertiary/aromatic N) is 1. The lowest BCUT2D eigenvalue weighted by atomic mass is 9.72. The highest BCUT2D eigenvalue weighted by Crippen LogP contribution is 2.37. The minimum absolute atomic E-state index is 0.0585. The predicted molar refractivity (Wildman–Crippen MR) is 67.8 cm³/mol. The van der Waals surface area contributed by atoms with Gasteiger partial charge in [-0.1, -0.05) is 0 Å². The quantitative estimate of drug-likeness (QED) is 0.681. The van der Waals surface area contributed by atoms with Crippen LogP contribution in [-0.4, -0.2) is 57.7 Å². The van der Waals surface area contributed by atoms with E-state index in [0.29, 0.717) is 0 Å². The van der Waals surface area contributed by atoms with Crippen LogP contribution in [-0.2, 0) is 0 Å². The summed E-state index contributed by atoms with van der Waals surface area (Å²) in [6.07, 6.45) is -0.169. The molecule has 17 heavy (non-hydrogen) atoms. The van der Waals surface area contributed by atoms with Gasteiger partial charge in [-0.2, -0.15) is 0 Å². The molecule has 2 atom stereocenters. The van der Waals surface area contributed by atoms with Crippen LogP contribution in [0.5, 0.6) is 0 Å². The van der Waals surface area contributed by atoms with Crippen molar-refractivity contribution in [2.75, 3.05) is 19.7 Å². The molecule has 102 valence electrons. The first-order chi connectivity index (χ1) is 7.73. The second-order valence-corrected chi connectivity index (χ2v) is 6.36. The van der Waals surface area contributed by atoms with Gasteiger partial charge in [0.05, 0.1) is 18.8 Å². The Morgan fingerprint density at radius 1 is 1.18 bits per heavy atom. The van der Waals surface area contributed by atoms with E-state index in [1.54, 1.807) is 6.92 Å². The highest BCUT2D eigenvalue weighted by molar-refractivity contribution is 4.95. The third kappa shape index (κ3) is 3.19. The fourth-order valence-corrected chi connectivity index (χ4v) is 2.68. The fourth-order valence-electron chi connectivity index (χ4n) is 2.68. The van der Waals surface area contributed by atoms with E-state index in [1.165, 1.54) is 0 Å².